The lowest BCUT2D eigenvalue weighted by Gasteiger charge is -2.08. The number of carbonyl (C=O) groups excluding carboxylic acids is 2. The molecule has 0 aliphatic rings. The number of nitrogens with one attached hydrogen (secondary N) is 1. The van der Waals surface area contributed by atoms with E-state index >= 15 is 0 Å². The summed E-state index contributed by atoms with van der Waals surface area (Å²) in [6.07, 6.45) is 0. The maximum atomic E-state index is 11.9. The van der Waals surface area contributed by atoms with Gasteiger partial charge in [0.1, 0.15) is 0 Å². The monoisotopic (exact) mass is 363 g/mol. The molecule has 2 rings (SSSR count). The Balaban J connectivity index is 1.65. The van der Waals surface area contributed by atoms with Gasteiger partial charge in [-0.25, -0.2) is 4.79 Å². The van der Waals surface area contributed by atoms with Gasteiger partial charge >= 0.3 is 5.97 Å². The summed E-state index contributed by atoms with van der Waals surface area (Å²) in [7, 11) is 0. The van der Waals surface area contributed by atoms with Gasteiger partial charge in [-0.3, -0.25) is 4.79 Å². The first-order valence-corrected chi connectivity index (χ1v) is 8.80. The molecule has 0 unspecified atom stereocenters. The smallest absolute Gasteiger partial charge is 0.338 e. The summed E-state index contributed by atoms with van der Waals surface area (Å²) < 4.78 is 5.03. The van der Waals surface area contributed by atoms with Gasteiger partial charge < -0.3 is 10.1 Å². The number of halogens is 1. The third-order valence-corrected chi connectivity index (χ3v) is 4.47. The van der Waals surface area contributed by atoms with Gasteiger partial charge in [0.05, 0.1) is 5.56 Å². The van der Waals surface area contributed by atoms with Crippen molar-refractivity contribution in [1.29, 1.82) is 0 Å². The molecule has 0 aromatic heterocycles. The average Bonchev–Trinajstić information content (AvgIpc) is 2.58. The summed E-state index contributed by atoms with van der Waals surface area (Å²) in [5, 5.41) is 3.42. The summed E-state index contributed by atoms with van der Waals surface area (Å²) >= 11 is 7.43. The second-order valence-electron chi connectivity index (χ2n) is 5.04. The zero-order chi connectivity index (χ0) is 17.4. The van der Waals surface area contributed by atoms with Crippen molar-refractivity contribution >= 4 is 35.2 Å². The Bertz CT molecular complexity index is 704. The summed E-state index contributed by atoms with van der Waals surface area (Å²) in [5.41, 5.74) is 1.30. The van der Waals surface area contributed by atoms with E-state index in [2.05, 4.69) is 5.32 Å². The fraction of sp³-hybridized carbons (Fsp3) is 0.222. The van der Waals surface area contributed by atoms with Crippen molar-refractivity contribution in [3.8, 4) is 0 Å². The Morgan fingerprint density at radius 2 is 1.83 bits per heavy atom. The van der Waals surface area contributed by atoms with E-state index in [9.17, 15) is 9.59 Å². The zero-order valence-corrected chi connectivity index (χ0v) is 14.8. The predicted octanol–water partition coefficient (Wildman–Crippen LogP) is 3.71. The molecule has 6 heteroatoms. The number of aryl methyl sites for hydroxylation is 1. The van der Waals surface area contributed by atoms with E-state index in [-0.39, 0.29) is 12.5 Å². The second-order valence-corrected chi connectivity index (χ2v) is 6.65. The van der Waals surface area contributed by atoms with E-state index in [1.807, 2.05) is 43.3 Å². The summed E-state index contributed by atoms with van der Waals surface area (Å²) in [6.45, 7) is 2.04. The maximum absolute atomic E-state index is 11.9. The van der Waals surface area contributed by atoms with E-state index in [0.717, 1.165) is 16.2 Å². The Morgan fingerprint density at radius 3 is 2.54 bits per heavy atom. The molecule has 126 valence electrons. The van der Waals surface area contributed by atoms with Crippen LogP contribution in [0.3, 0.4) is 0 Å². The molecule has 0 aliphatic carbocycles. The molecule has 1 amide bonds. The normalized spacial score (nSPS) is 10.2. The van der Waals surface area contributed by atoms with E-state index in [0.29, 0.717) is 17.1 Å². The quantitative estimate of drug-likeness (QED) is 0.463. The van der Waals surface area contributed by atoms with Crippen LogP contribution in [0.2, 0.25) is 5.02 Å². The topological polar surface area (TPSA) is 55.4 Å². The number of benzene rings is 2. The molecule has 0 heterocycles. The van der Waals surface area contributed by atoms with Gasteiger partial charge in [0.15, 0.2) is 6.61 Å². The molecule has 0 bridgehead atoms. The van der Waals surface area contributed by atoms with E-state index in [4.69, 9.17) is 16.3 Å². The van der Waals surface area contributed by atoms with Crippen molar-refractivity contribution < 1.29 is 14.3 Å². The van der Waals surface area contributed by atoms with Crippen molar-refractivity contribution in [3.63, 3.8) is 0 Å². The van der Waals surface area contributed by atoms with Gasteiger partial charge in [0, 0.05) is 22.2 Å². The van der Waals surface area contributed by atoms with Crippen LogP contribution in [0.25, 0.3) is 0 Å². The summed E-state index contributed by atoms with van der Waals surface area (Å²) in [6, 6.07) is 14.6. The highest BCUT2D eigenvalue weighted by Crippen LogP contribution is 2.19. The van der Waals surface area contributed by atoms with Gasteiger partial charge in [0.25, 0.3) is 5.91 Å². The first kappa shape index (κ1) is 18.4. The minimum Gasteiger partial charge on any atom is -0.452 e. The van der Waals surface area contributed by atoms with Gasteiger partial charge in [-0.1, -0.05) is 29.8 Å². The number of carbonyl (C=O) groups is 2. The molecule has 2 aromatic rings. The molecule has 0 fully saturated rings. The fourth-order valence-electron chi connectivity index (χ4n) is 1.95. The van der Waals surface area contributed by atoms with Crippen molar-refractivity contribution in [3.05, 3.63) is 64.7 Å². The van der Waals surface area contributed by atoms with Crippen molar-refractivity contribution in [2.24, 2.45) is 0 Å². The fourth-order valence-corrected chi connectivity index (χ4v) is 2.85. The number of hydrogen-bond acceptors (Lipinski definition) is 4. The first-order valence-electron chi connectivity index (χ1n) is 7.44. The third kappa shape index (κ3) is 5.91. The number of ether oxygens (including phenoxy) is 1. The Labute approximate surface area is 150 Å². The lowest BCUT2D eigenvalue weighted by Crippen LogP contribution is -2.30. The minimum absolute atomic E-state index is 0.279. The average molecular weight is 364 g/mol. The van der Waals surface area contributed by atoms with E-state index in [1.165, 1.54) is 0 Å². The van der Waals surface area contributed by atoms with Crippen LogP contribution < -0.4 is 5.32 Å². The standard InChI is InChI=1S/C18H18ClNO3S/c1-13-4-2-3-5-16(13)18(22)23-12-17(21)20-10-11-24-15-8-6-14(19)7-9-15/h2-9H,10-12H2,1H3,(H,20,21). The van der Waals surface area contributed by atoms with Crippen LogP contribution in [0.15, 0.2) is 53.4 Å². The number of hydrogen-bond donors (Lipinski definition) is 1. The van der Waals surface area contributed by atoms with Crippen LogP contribution in [0.4, 0.5) is 0 Å². The van der Waals surface area contributed by atoms with Crippen molar-refractivity contribution in [2.45, 2.75) is 11.8 Å². The predicted molar refractivity (Wildman–Crippen MR) is 96.6 cm³/mol. The third-order valence-electron chi connectivity index (χ3n) is 3.21. The molecule has 0 saturated heterocycles. The van der Waals surface area contributed by atoms with Crippen LogP contribution in [0, 0.1) is 6.92 Å². The molecule has 2 aromatic carbocycles. The highest BCUT2D eigenvalue weighted by molar-refractivity contribution is 7.99. The van der Waals surface area contributed by atoms with Crippen LogP contribution in [-0.2, 0) is 9.53 Å². The van der Waals surface area contributed by atoms with Gasteiger partial charge in [-0.15, -0.1) is 11.8 Å². The van der Waals surface area contributed by atoms with Crippen LogP contribution in [0.1, 0.15) is 15.9 Å². The zero-order valence-electron chi connectivity index (χ0n) is 13.3. The minimum atomic E-state index is -0.487. The SMILES string of the molecule is Cc1ccccc1C(=O)OCC(=O)NCCSc1ccc(Cl)cc1. The summed E-state index contributed by atoms with van der Waals surface area (Å²) in [5.74, 6) is -0.0773. The van der Waals surface area contributed by atoms with Crippen molar-refractivity contribution in [1.82, 2.24) is 5.32 Å². The lowest BCUT2D eigenvalue weighted by atomic mass is 10.1. The molecule has 0 atom stereocenters. The Morgan fingerprint density at radius 1 is 1.12 bits per heavy atom. The van der Waals surface area contributed by atoms with Crippen LogP contribution in [0.5, 0.6) is 0 Å². The number of thioether (sulfide) groups is 1. The molecule has 0 spiro atoms. The molecule has 0 saturated carbocycles. The summed E-state index contributed by atoms with van der Waals surface area (Å²) in [4.78, 5) is 24.7. The highest BCUT2D eigenvalue weighted by atomic mass is 35.5. The molecular weight excluding hydrogens is 346 g/mol. The second kappa shape index (κ2) is 9.35. The van der Waals surface area contributed by atoms with Gasteiger partial charge in [0.2, 0.25) is 0 Å². The number of amides is 1. The van der Waals surface area contributed by atoms with Gasteiger partial charge in [-0.05, 0) is 42.8 Å². The van der Waals surface area contributed by atoms with E-state index < -0.39 is 5.97 Å². The number of rotatable bonds is 7. The molecule has 4 nitrogen and oxygen atoms in total. The number of esters is 1. The van der Waals surface area contributed by atoms with Crippen molar-refractivity contribution in [2.75, 3.05) is 18.9 Å². The Kier molecular flexibility index (Phi) is 7.15. The van der Waals surface area contributed by atoms with Gasteiger partial charge in [-0.2, -0.15) is 0 Å². The molecule has 24 heavy (non-hydrogen) atoms. The molecule has 0 aliphatic heterocycles. The Hall–Kier alpha value is -1.98. The van der Waals surface area contributed by atoms with E-state index in [1.54, 1.807) is 23.9 Å². The lowest BCUT2D eigenvalue weighted by molar-refractivity contribution is -0.124. The van der Waals surface area contributed by atoms with Crippen LogP contribution in [-0.4, -0.2) is 30.8 Å². The highest BCUT2D eigenvalue weighted by Gasteiger charge is 2.11. The largest absolute Gasteiger partial charge is 0.452 e. The maximum Gasteiger partial charge on any atom is 0.338 e. The molecule has 1 N–H and O–H groups in total. The molecule has 0 radical (unpaired) electrons. The van der Waals surface area contributed by atoms with Crippen LogP contribution >= 0.6 is 23.4 Å². The first-order chi connectivity index (χ1) is 11.6. The molecular formula is C18H18ClNO3S.